The van der Waals surface area contributed by atoms with Gasteiger partial charge in [0, 0.05) is 11.9 Å². The third-order valence-corrected chi connectivity index (χ3v) is 3.93. The molecule has 0 aromatic carbocycles. The predicted octanol–water partition coefficient (Wildman–Crippen LogP) is 2.86. The van der Waals surface area contributed by atoms with Gasteiger partial charge in [-0.1, -0.05) is 23.2 Å². The second-order valence-corrected chi connectivity index (χ2v) is 5.84. The van der Waals surface area contributed by atoms with Crippen molar-refractivity contribution in [2.24, 2.45) is 12.1 Å². The summed E-state index contributed by atoms with van der Waals surface area (Å²) in [6.07, 6.45) is 1.52. The van der Waals surface area contributed by atoms with E-state index < -0.39 is 5.91 Å². The van der Waals surface area contributed by atoms with Crippen molar-refractivity contribution in [1.82, 2.24) is 15.2 Å². The number of hydrogen-bond donors (Lipinski definition) is 1. The van der Waals surface area contributed by atoms with Crippen LogP contribution in [0.2, 0.25) is 9.36 Å². The number of hydrogen-bond acceptors (Lipinski definition) is 4. The first-order chi connectivity index (χ1) is 8.99. The van der Waals surface area contributed by atoms with E-state index in [1.54, 1.807) is 20.0 Å². The molecule has 100 valence electrons. The van der Waals surface area contributed by atoms with Crippen LogP contribution in [0, 0.1) is 6.92 Å². The van der Waals surface area contributed by atoms with E-state index in [4.69, 9.17) is 23.2 Å². The Balaban J connectivity index is 2.07. The Hall–Kier alpha value is -1.37. The second-order valence-electron chi connectivity index (χ2n) is 3.71. The minimum absolute atomic E-state index is 0.278. The fourth-order valence-corrected chi connectivity index (χ4v) is 2.66. The fourth-order valence-electron chi connectivity index (χ4n) is 1.48. The van der Waals surface area contributed by atoms with Gasteiger partial charge in [-0.15, -0.1) is 11.3 Å². The van der Waals surface area contributed by atoms with Crippen molar-refractivity contribution in [3.05, 3.63) is 37.8 Å². The van der Waals surface area contributed by atoms with Crippen LogP contribution in [0.15, 0.2) is 17.2 Å². The molecule has 2 rings (SSSR count). The van der Waals surface area contributed by atoms with E-state index in [2.05, 4.69) is 15.6 Å². The first kappa shape index (κ1) is 14.0. The summed E-state index contributed by atoms with van der Waals surface area (Å²) in [5, 5.41) is 8.24. The predicted molar refractivity (Wildman–Crippen MR) is 77.3 cm³/mol. The number of nitrogens with zero attached hydrogens (tertiary/aromatic N) is 3. The van der Waals surface area contributed by atoms with Crippen molar-refractivity contribution in [2.75, 3.05) is 0 Å². The first-order valence-corrected chi connectivity index (χ1v) is 6.84. The number of hydrazone groups is 1. The molecule has 0 spiro atoms. The van der Waals surface area contributed by atoms with Gasteiger partial charge in [0.1, 0.15) is 5.69 Å². The van der Waals surface area contributed by atoms with Crippen LogP contribution in [0.3, 0.4) is 0 Å². The van der Waals surface area contributed by atoms with E-state index in [0.717, 1.165) is 4.88 Å². The summed E-state index contributed by atoms with van der Waals surface area (Å²) in [5.74, 6) is -0.410. The molecule has 0 radical (unpaired) electrons. The average Bonchev–Trinajstić information content (AvgIpc) is 2.84. The van der Waals surface area contributed by atoms with E-state index in [1.165, 1.54) is 22.2 Å². The van der Waals surface area contributed by atoms with Crippen molar-refractivity contribution in [1.29, 1.82) is 0 Å². The van der Waals surface area contributed by atoms with Gasteiger partial charge in [0.05, 0.1) is 21.3 Å². The Labute approximate surface area is 123 Å². The molecular formula is C11H10Cl2N4OS. The van der Waals surface area contributed by atoms with E-state index in [-0.39, 0.29) is 5.69 Å². The van der Waals surface area contributed by atoms with Gasteiger partial charge in [-0.2, -0.15) is 10.2 Å². The summed E-state index contributed by atoms with van der Waals surface area (Å²) >= 11 is 13.1. The smallest absolute Gasteiger partial charge is 0.266 e. The van der Waals surface area contributed by atoms with E-state index in [0.29, 0.717) is 15.1 Å². The molecule has 0 fully saturated rings. The molecule has 0 atom stereocenters. The van der Waals surface area contributed by atoms with E-state index in [1.807, 2.05) is 6.07 Å². The van der Waals surface area contributed by atoms with Crippen molar-refractivity contribution in [3.63, 3.8) is 0 Å². The molecule has 0 saturated heterocycles. The standard InChI is InChI=1S/C11H10Cl2N4OS/c1-6-9(13)10(17(2)16-6)11(18)15-14-5-7-3-4-8(12)19-7/h3-5H,1-2H3,(H,15,18)/b14-5-. The molecule has 0 unspecified atom stereocenters. The molecule has 1 amide bonds. The fraction of sp³-hybridized carbons (Fsp3) is 0.182. The molecule has 2 heterocycles. The van der Waals surface area contributed by atoms with Crippen molar-refractivity contribution < 1.29 is 4.79 Å². The molecule has 8 heteroatoms. The zero-order valence-electron chi connectivity index (χ0n) is 10.1. The van der Waals surface area contributed by atoms with Crippen molar-refractivity contribution in [3.8, 4) is 0 Å². The maximum Gasteiger partial charge on any atom is 0.291 e. The summed E-state index contributed by atoms with van der Waals surface area (Å²) in [5.41, 5.74) is 3.28. The maximum atomic E-state index is 11.9. The van der Waals surface area contributed by atoms with Crippen LogP contribution in [0.25, 0.3) is 0 Å². The van der Waals surface area contributed by atoms with Crippen molar-refractivity contribution in [2.45, 2.75) is 6.92 Å². The van der Waals surface area contributed by atoms with Gasteiger partial charge < -0.3 is 0 Å². The lowest BCUT2D eigenvalue weighted by molar-refractivity contribution is 0.0946. The number of nitrogens with one attached hydrogen (secondary N) is 1. The number of carbonyl (C=O) groups is 1. The summed E-state index contributed by atoms with van der Waals surface area (Å²) in [6, 6.07) is 3.57. The molecule has 0 saturated carbocycles. The van der Waals surface area contributed by atoms with Gasteiger partial charge in [0.2, 0.25) is 0 Å². The Kier molecular flexibility index (Phi) is 4.24. The number of aromatic nitrogens is 2. The maximum absolute atomic E-state index is 11.9. The van der Waals surface area contributed by atoms with Gasteiger partial charge in [0.15, 0.2) is 0 Å². The van der Waals surface area contributed by atoms with Gasteiger partial charge >= 0.3 is 0 Å². The average molecular weight is 317 g/mol. The molecule has 0 aliphatic carbocycles. The molecule has 5 nitrogen and oxygen atoms in total. The Morgan fingerprint density at radius 1 is 1.53 bits per heavy atom. The summed E-state index contributed by atoms with van der Waals surface area (Å²) in [6.45, 7) is 1.73. The molecule has 1 N–H and O–H groups in total. The van der Waals surface area contributed by atoms with Gasteiger partial charge in [-0.05, 0) is 19.1 Å². The van der Waals surface area contributed by atoms with E-state index in [9.17, 15) is 4.79 Å². The highest BCUT2D eigenvalue weighted by atomic mass is 35.5. The quantitative estimate of drug-likeness (QED) is 0.699. The van der Waals surface area contributed by atoms with Crippen LogP contribution < -0.4 is 5.43 Å². The highest BCUT2D eigenvalue weighted by Crippen LogP contribution is 2.20. The van der Waals surface area contributed by atoms with Crippen LogP contribution in [0.5, 0.6) is 0 Å². The zero-order valence-corrected chi connectivity index (χ0v) is 12.5. The lowest BCUT2D eigenvalue weighted by Crippen LogP contribution is -2.21. The Morgan fingerprint density at radius 3 is 2.79 bits per heavy atom. The van der Waals surface area contributed by atoms with Crippen LogP contribution in [0.1, 0.15) is 21.1 Å². The van der Waals surface area contributed by atoms with Gasteiger partial charge in [-0.3, -0.25) is 9.48 Å². The summed E-state index contributed by atoms with van der Waals surface area (Å²) in [7, 11) is 1.65. The third-order valence-electron chi connectivity index (χ3n) is 2.32. The lowest BCUT2D eigenvalue weighted by Gasteiger charge is -2.00. The van der Waals surface area contributed by atoms with Gasteiger partial charge in [0.25, 0.3) is 5.91 Å². The molecule has 2 aromatic heterocycles. The number of thiophene rings is 1. The van der Waals surface area contributed by atoms with Crippen LogP contribution in [-0.2, 0) is 7.05 Å². The number of amides is 1. The van der Waals surface area contributed by atoms with Crippen LogP contribution >= 0.6 is 34.5 Å². The van der Waals surface area contributed by atoms with Crippen LogP contribution in [-0.4, -0.2) is 21.9 Å². The van der Waals surface area contributed by atoms with E-state index >= 15 is 0 Å². The highest BCUT2D eigenvalue weighted by molar-refractivity contribution is 7.17. The Bertz CT molecular complexity index is 647. The van der Waals surface area contributed by atoms with Crippen molar-refractivity contribution >= 4 is 46.7 Å². The molecule has 19 heavy (non-hydrogen) atoms. The number of carbonyl (C=O) groups excluding carboxylic acids is 1. The molecule has 0 bridgehead atoms. The first-order valence-electron chi connectivity index (χ1n) is 5.27. The minimum atomic E-state index is -0.410. The molecule has 0 aliphatic rings. The number of aryl methyl sites for hydroxylation is 2. The second kappa shape index (κ2) is 5.73. The molecular weight excluding hydrogens is 307 g/mol. The molecule has 2 aromatic rings. The molecule has 0 aliphatic heterocycles. The largest absolute Gasteiger partial charge is 0.291 e. The third kappa shape index (κ3) is 3.15. The van der Waals surface area contributed by atoms with Crippen LogP contribution in [0.4, 0.5) is 0 Å². The number of rotatable bonds is 3. The SMILES string of the molecule is Cc1nn(C)c(C(=O)N/N=C\c2ccc(Cl)s2)c1Cl. The van der Waals surface area contributed by atoms with Gasteiger partial charge in [-0.25, -0.2) is 5.43 Å². The lowest BCUT2D eigenvalue weighted by atomic mass is 10.3. The summed E-state index contributed by atoms with van der Waals surface area (Å²) < 4.78 is 2.09. The summed E-state index contributed by atoms with van der Waals surface area (Å²) in [4.78, 5) is 12.7. The normalized spacial score (nSPS) is 11.2. The zero-order chi connectivity index (χ0) is 14.0. The number of halogens is 2. The highest BCUT2D eigenvalue weighted by Gasteiger charge is 2.17. The minimum Gasteiger partial charge on any atom is -0.266 e. The Morgan fingerprint density at radius 2 is 2.26 bits per heavy atom. The topological polar surface area (TPSA) is 59.3 Å². The monoisotopic (exact) mass is 316 g/mol.